The molecule has 0 fully saturated rings. The highest BCUT2D eigenvalue weighted by atomic mass is 16.6. The molecule has 0 aliphatic carbocycles. The van der Waals surface area contributed by atoms with Gasteiger partial charge in [-0.15, -0.1) is 0 Å². The maximum absolute atomic E-state index is 11.5. The Balaban J connectivity index is 2.34. The van der Waals surface area contributed by atoms with Crippen molar-refractivity contribution in [3.8, 4) is 5.75 Å². The maximum atomic E-state index is 11.5. The van der Waals surface area contributed by atoms with Crippen molar-refractivity contribution in [3.63, 3.8) is 0 Å². The molecule has 0 atom stereocenters. The Morgan fingerprint density at radius 2 is 1.64 bits per heavy atom. The van der Waals surface area contributed by atoms with E-state index in [1.54, 1.807) is 24.3 Å². The molecule has 0 bridgehead atoms. The lowest BCUT2D eigenvalue weighted by molar-refractivity contribution is -0.150. The fourth-order valence-corrected chi connectivity index (χ4v) is 1.57. The number of carbonyl (C=O) groups excluding carboxylic acids is 3. The monoisotopic (exact) mass is 307 g/mol. The van der Waals surface area contributed by atoms with Crippen LogP contribution in [0.5, 0.6) is 5.75 Å². The van der Waals surface area contributed by atoms with Crippen molar-refractivity contribution in [1.29, 1.82) is 0 Å². The first-order chi connectivity index (χ1) is 10.2. The number of amides is 1. The van der Waals surface area contributed by atoms with Crippen molar-refractivity contribution in [2.75, 3.05) is 13.2 Å². The number of hydrogen-bond acceptors (Lipinski definition) is 5. The van der Waals surface area contributed by atoms with Crippen LogP contribution < -0.4 is 10.1 Å². The van der Waals surface area contributed by atoms with E-state index in [-0.39, 0.29) is 30.4 Å². The van der Waals surface area contributed by atoms with Crippen LogP contribution in [0.2, 0.25) is 0 Å². The molecule has 0 radical (unpaired) electrons. The van der Waals surface area contributed by atoms with E-state index in [1.807, 2.05) is 20.8 Å². The van der Waals surface area contributed by atoms with Gasteiger partial charge in [0.25, 0.3) is 5.91 Å². The van der Waals surface area contributed by atoms with E-state index in [0.29, 0.717) is 11.3 Å². The SMILES string of the molecule is CC(=O)c1ccc(OCC(=O)OCC(=O)NC(C)(C)C)cc1. The predicted octanol–water partition coefficient (Wildman–Crippen LogP) is 1.73. The zero-order valence-corrected chi connectivity index (χ0v) is 13.3. The summed E-state index contributed by atoms with van der Waals surface area (Å²) >= 11 is 0. The van der Waals surface area contributed by atoms with Gasteiger partial charge in [-0.2, -0.15) is 0 Å². The summed E-state index contributed by atoms with van der Waals surface area (Å²) in [5.41, 5.74) is 0.187. The Kier molecular flexibility index (Phi) is 6.10. The van der Waals surface area contributed by atoms with Gasteiger partial charge in [0.1, 0.15) is 5.75 Å². The summed E-state index contributed by atoms with van der Waals surface area (Å²) < 4.78 is 10.0. The quantitative estimate of drug-likeness (QED) is 0.639. The summed E-state index contributed by atoms with van der Waals surface area (Å²) in [5, 5.41) is 2.68. The first-order valence-corrected chi connectivity index (χ1v) is 6.88. The van der Waals surface area contributed by atoms with Crippen molar-refractivity contribution in [2.45, 2.75) is 33.2 Å². The standard InChI is InChI=1S/C16H21NO5/c1-11(18)12-5-7-13(8-6-12)21-10-15(20)22-9-14(19)17-16(2,3)4/h5-8H,9-10H2,1-4H3,(H,17,19). The molecule has 0 heterocycles. The highest BCUT2D eigenvalue weighted by molar-refractivity contribution is 5.94. The Bertz CT molecular complexity index is 543. The van der Waals surface area contributed by atoms with E-state index in [9.17, 15) is 14.4 Å². The van der Waals surface area contributed by atoms with Crippen LogP contribution in [0.4, 0.5) is 0 Å². The molecular weight excluding hydrogens is 286 g/mol. The summed E-state index contributed by atoms with van der Waals surface area (Å²) in [5.74, 6) is -0.608. The van der Waals surface area contributed by atoms with Crippen LogP contribution in [-0.2, 0) is 14.3 Å². The molecule has 0 aromatic heterocycles. The van der Waals surface area contributed by atoms with Gasteiger partial charge in [0.15, 0.2) is 19.0 Å². The molecule has 1 aromatic carbocycles. The third-order valence-corrected chi connectivity index (χ3v) is 2.50. The molecule has 1 amide bonds. The molecule has 1 aromatic rings. The van der Waals surface area contributed by atoms with Gasteiger partial charge in [0, 0.05) is 11.1 Å². The molecule has 1 rings (SSSR count). The number of esters is 1. The van der Waals surface area contributed by atoms with Gasteiger partial charge in [-0.05, 0) is 52.0 Å². The lowest BCUT2D eigenvalue weighted by Gasteiger charge is -2.20. The lowest BCUT2D eigenvalue weighted by atomic mass is 10.1. The smallest absolute Gasteiger partial charge is 0.344 e. The topological polar surface area (TPSA) is 81.7 Å². The number of rotatable bonds is 6. The fraction of sp³-hybridized carbons (Fsp3) is 0.438. The minimum absolute atomic E-state index is 0.0455. The number of Topliss-reactive ketones (excluding diaryl/α,β-unsaturated/α-hetero) is 1. The van der Waals surface area contributed by atoms with E-state index < -0.39 is 5.97 Å². The second kappa shape index (κ2) is 7.59. The normalized spacial score (nSPS) is 10.7. The first kappa shape index (κ1) is 17.7. The summed E-state index contributed by atoms with van der Waals surface area (Å²) in [4.78, 5) is 34.1. The van der Waals surface area contributed by atoms with Crippen molar-refractivity contribution in [1.82, 2.24) is 5.32 Å². The maximum Gasteiger partial charge on any atom is 0.344 e. The van der Waals surface area contributed by atoms with Gasteiger partial charge in [-0.25, -0.2) is 4.79 Å². The predicted molar refractivity (Wildman–Crippen MR) is 80.8 cm³/mol. The Hall–Kier alpha value is -2.37. The highest BCUT2D eigenvalue weighted by Crippen LogP contribution is 2.12. The van der Waals surface area contributed by atoms with Gasteiger partial charge >= 0.3 is 5.97 Å². The van der Waals surface area contributed by atoms with E-state index in [2.05, 4.69) is 5.32 Å². The van der Waals surface area contributed by atoms with E-state index in [1.165, 1.54) is 6.92 Å². The number of hydrogen-bond donors (Lipinski definition) is 1. The zero-order valence-electron chi connectivity index (χ0n) is 13.3. The van der Waals surface area contributed by atoms with Gasteiger partial charge in [-0.3, -0.25) is 9.59 Å². The average molecular weight is 307 g/mol. The van der Waals surface area contributed by atoms with E-state index >= 15 is 0 Å². The number of benzene rings is 1. The van der Waals surface area contributed by atoms with E-state index in [0.717, 1.165) is 0 Å². The largest absolute Gasteiger partial charge is 0.482 e. The van der Waals surface area contributed by atoms with Crippen molar-refractivity contribution >= 4 is 17.7 Å². The number of ketones is 1. The Labute approximate surface area is 129 Å². The molecule has 1 N–H and O–H groups in total. The van der Waals surface area contributed by atoms with Crippen LogP contribution in [0.1, 0.15) is 38.1 Å². The van der Waals surface area contributed by atoms with Crippen LogP contribution in [-0.4, -0.2) is 36.4 Å². The summed E-state index contributed by atoms with van der Waals surface area (Å²) in [6, 6.07) is 6.41. The molecule has 6 heteroatoms. The Morgan fingerprint density at radius 1 is 1.05 bits per heavy atom. The minimum Gasteiger partial charge on any atom is -0.482 e. The van der Waals surface area contributed by atoms with Crippen LogP contribution in [0.3, 0.4) is 0 Å². The summed E-state index contributed by atoms with van der Waals surface area (Å²) in [6.45, 7) is 6.32. The molecule has 0 spiro atoms. The van der Waals surface area contributed by atoms with Crippen molar-refractivity contribution in [2.24, 2.45) is 0 Å². The molecule has 120 valence electrons. The van der Waals surface area contributed by atoms with Gasteiger partial charge in [0.05, 0.1) is 0 Å². The zero-order chi connectivity index (χ0) is 16.8. The number of ether oxygens (including phenoxy) is 2. The van der Waals surface area contributed by atoms with Crippen LogP contribution in [0.15, 0.2) is 24.3 Å². The molecule has 6 nitrogen and oxygen atoms in total. The summed E-state index contributed by atoms with van der Waals surface area (Å²) in [6.07, 6.45) is 0. The van der Waals surface area contributed by atoms with Crippen LogP contribution in [0, 0.1) is 0 Å². The third kappa shape index (κ3) is 6.88. The molecule has 0 unspecified atom stereocenters. The number of carbonyl (C=O) groups is 3. The molecule has 0 aliphatic rings. The highest BCUT2D eigenvalue weighted by Gasteiger charge is 2.15. The molecule has 0 saturated carbocycles. The molecule has 0 saturated heterocycles. The first-order valence-electron chi connectivity index (χ1n) is 6.88. The van der Waals surface area contributed by atoms with Crippen molar-refractivity contribution in [3.05, 3.63) is 29.8 Å². The third-order valence-electron chi connectivity index (χ3n) is 2.50. The van der Waals surface area contributed by atoms with Gasteiger partial charge in [-0.1, -0.05) is 0 Å². The molecule has 0 aliphatic heterocycles. The van der Waals surface area contributed by atoms with Gasteiger partial charge in [0.2, 0.25) is 0 Å². The van der Waals surface area contributed by atoms with Crippen molar-refractivity contribution < 1.29 is 23.9 Å². The van der Waals surface area contributed by atoms with Crippen LogP contribution >= 0.6 is 0 Å². The Morgan fingerprint density at radius 3 is 2.14 bits per heavy atom. The van der Waals surface area contributed by atoms with Crippen LogP contribution in [0.25, 0.3) is 0 Å². The fourth-order valence-electron chi connectivity index (χ4n) is 1.57. The average Bonchev–Trinajstić information content (AvgIpc) is 2.41. The molecular formula is C16H21NO5. The number of nitrogens with one attached hydrogen (secondary N) is 1. The van der Waals surface area contributed by atoms with Gasteiger partial charge < -0.3 is 14.8 Å². The van der Waals surface area contributed by atoms with E-state index in [4.69, 9.17) is 9.47 Å². The molecule has 22 heavy (non-hydrogen) atoms. The second-order valence-electron chi connectivity index (χ2n) is 5.83. The lowest BCUT2D eigenvalue weighted by Crippen LogP contribution is -2.43. The minimum atomic E-state index is -0.639. The summed E-state index contributed by atoms with van der Waals surface area (Å²) in [7, 11) is 0. The second-order valence-corrected chi connectivity index (χ2v) is 5.83.